The smallest absolute Gasteiger partial charge is 0.163 e. The fourth-order valence-corrected chi connectivity index (χ4v) is 2.57. The van der Waals surface area contributed by atoms with Crippen LogP contribution in [0.1, 0.15) is 48.7 Å². The summed E-state index contributed by atoms with van der Waals surface area (Å²) < 4.78 is 0. The van der Waals surface area contributed by atoms with Gasteiger partial charge in [0, 0.05) is 22.7 Å². The summed E-state index contributed by atoms with van der Waals surface area (Å²) in [5, 5.41) is 0.707. The lowest BCUT2D eigenvalue weighted by atomic mass is 9.85. The number of carbonyl (C=O) groups is 1. The van der Waals surface area contributed by atoms with Crippen LogP contribution in [0.3, 0.4) is 0 Å². The highest BCUT2D eigenvalue weighted by molar-refractivity contribution is 6.31. The molecule has 2 nitrogen and oxygen atoms in total. The normalized spacial score (nSPS) is 11.5. The summed E-state index contributed by atoms with van der Waals surface area (Å²) in [6, 6.07) is 13.3. The summed E-state index contributed by atoms with van der Waals surface area (Å²) in [6.07, 6.45) is 1.06. The fraction of sp³-hybridized carbons (Fsp3) is 0.316. The van der Waals surface area contributed by atoms with E-state index in [4.69, 9.17) is 17.3 Å². The predicted octanol–water partition coefficient (Wildman–Crippen LogP) is 5.04. The molecule has 0 aliphatic carbocycles. The second kappa shape index (κ2) is 6.53. The van der Waals surface area contributed by atoms with Crippen molar-refractivity contribution in [2.75, 3.05) is 5.73 Å². The Morgan fingerprint density at radius 2 is 1.82 bits per heavy atom. The lowest BCUT2D eigenvalue weighted by molar-refractivity contribution is 0.0983. The van der Waals surface area contributed by atoms with Gasteiger partial charge in [-0.15, -0.1) is 0 Å². The van der Waals surface area contributed by atoms with Crippen LogP contribution in [0.15, 0.2) is 42.5 Å². The average molecular weight is 316 g/mol. The Morgan fingerprint density at radius 1 is 1.14 bits per heavy atom. The molecular weight excluding hydrogens is 294 g/mol. The SMILES string of the molecule is CC(C)(C)c1cc(N)cc(C(=O)CCc2ccccc2Cl)c1. The molecule has 0 bridgehead atoms. The van der Waals surface area contributed by atoms with Gasteiger partial charge >= 0.3 is 0 Å². The number of halogens is 1. The minimum Gasteiger partial charge on any atom is -0.399 e. The van der Waals surface area contributed by atoms with E-state index in [1.54, 1.807) is 6.07 Å². The van der Waals surface area contributed by atoms with Gasteiger partial charge in [0.05, 0.1) is 0 Å². The van der Waals surface area contributed by atoms with Crippen LogP contribution in [0.4, 0.5) is 5.69 Å². The molecule has 0 saturated heterocycles. The average Bonchev–Trinajstić information content (AvgIpc) is 2.44. The van der Waals surface area contributed by atoms with E-state index in [9.17, 15) is 4.79 Å². The largest absolute Gasteiger partial charge is 0.399 e. The van der Waals surface area contributed by atoms with E-state index < -0.39 is 0 Å². The quantitative estimate of drug-likeness (QED) is 0.634. The molecule has 3 heteroatoms. The summed E-state index contributed by atoms with van der Waals surface area (Å²) in [6.45, 7) is 6.33. The number of anilines is 1. The Kier molecular flexibility index (Phi) is 4.92. The molecule has 22 heavy (non-hydrogen) atoms. The molecular formula is C19H22ClNO. The topological polar surface area (TPSA) is 43.1 Å². The Hall–Kier alpha value is -1.80. The van der Waals surface area contributed by atoms with Crippen molar-refractivity contribution in [1.82, 2.24) is 0 Å². The van der Waals surface area contributed by atoms with E-state index in [0.717, 1.165) is 11.1 Å². The number of aryl methyl sites for hydroxylation is 1. The monoisotopic (exact) mass is 315 g/mol. The summed E-state index contributed by atoms with van der Waals surface area (Å²) in [5.41, 5.74) is 9.30. The lowest BCUT2D eigenvalue weighted by Gasteiger charge is -2.20. The standard InChI is InChI=1S/C19H22ClNO/c1-19(2,3)15-10-14(11-16(21)12-15)18(22)9-8-13-6-4-5-7-17(13)20/h4-7,10-12H,8-9,21H2,1-3H3. The van der Waals surface area contributed by atoms with Crippen molar-refractivity contribution in [3.63, 3.8) is 0 Å². The predicted molar refractivity (Wildman–Crippen MR) is 93.7 cm³/mol. The van der Waals surface area contributed by atoms with Crippen LogP contribution in [-0.2, 0) is 11.8 Å². The second-order valence-electron chi connectivity index (χ2n) is 6.61. The number of benzene rings is 2. The highest BCUT2D eigenvalue weighted by atomic mass is 35.5. The van der Waals surface area contributed by atoms with Crippen molar-refractivity contribution in [2.45, 2.75) is 39.0 Å². The maximum absolute atomic E-state index is 12.5. The third-order valence-electron chi connectivity index (χ3n) is 3.72. The van der Waals surface area contributed by atoms with Crippen molar-refractivity contribution in [2.24, 2.45) is 0 Å². The first-order valence-electron chi connectivity index (χ1n) is 7.45. The zero-order valence-corrected chi connectivity index (χ0v) is 14.1. The van der Waals surface area contributed by atoms with E-state index in [1.165, 1.54) is 0 Å². The molecule has 0 heterocycles. The van der Waals surface area contributed by atoms with Crippen molar-refractivity contribution in [3.05, 3.63) is 64.2 Å². The molecule has 2 N–H and O–H groups in total. The van der Waals surface area contributed by atoms with Crippen LogP contribution in [0.25, 0.3) is 0 Å². The molecule has 0 aliphatic heterocycles. The molecule has 0 saturated carbocycles. The molecule has 0 radical (unpaired) electrons. The van der Waals surface area contributed by atoms with Crippen LogP contribution in [0.5, 0.6) is 0 Å². The van der Waals surface area contributed by atoms with E-state index in [-0.39, 0.29) is 11.2 Å². The van der Waals surface area contributed by atoms with E-state index in [2.05, 4.69) is 20.8 Å². The van der Waals surface area contributed by atoms with Gasteiger partial charge in [-0.1, -0.05) is 50.6 Å². The summed E-state index contributed by atoms with van der Waals surface area (Å²) in [7, 11) is 0. The van der Waals surface area contributed by atoms with Crippen LogP contribution >= 0.6 is 11.6 Å². The molecule has 116 valence electrons. The van der Waals surface area contributed by atoms with Gasteiger partial charge in [0.1, 0.15) is 0 Å². The van der Waals surface area contributed by atoms with Crippen LogP contribution in [-0.4, -0.2) is 5.78 Å². The number of hydrogen-bond acceptors (Lipinski definition) is 2. The molecule has 2 aromatic carbocycles. The van der Waals surface area contributed by atoms with Crippen LogP contribution in [0, 0.1) is 0 Å². The number of hydrogen-bond donors (Lipinski definition) is 1. The number of ketones is 1. The van der Waals surface area contributed by atoms with E-state index >= 15 is 0 Å². The maximum atomic E-state index is 12.5. The molecule has 2 rings (SSSR count). The summed E-state index contributed by atoms with van der Waals surface area (Å²) in [5.74, 6) is 0.0951. The third-order valence-corrected chi connectivity index (χ3v) is 4.09. The number of nitrogens with two attached hydrogens (primary N) is 1. The van der Waals surface area contributed by atoms with E-state index in [0.29, 0.717) is 29.1 Å². The van der Waals surface area contributed by atoms with Gasteiger partial charge in [0.2, 0.25) is 0 Å². The highest BCUT2D eigenvalue weighted by Crippen LogP contribution is 2.26. The first-order valence-corrected chi connectivity index (χ1v) is 7.83. The molecule has 0 amide bonds. The third kappa shape index (κ3) is 4.11. The minimum absolute atomic E-state index is 0.0346. The van der Waals surface area contributed by atoms with Gasteiger partial charge in [-0.3, -0.25) is 4.79 Å². The number of rotatable bonds is 4. The summed E-state index contributed by atoms with van der Waals surface area (Å²) in [4.78, 5) is 12.5. The first-order chi connectivity index (χ1) is 10.3. The van der Waals surface area contributed by atoms with Gasteiger partial charge in [0.15, 0.2) is 5.78 Å². The van der Waals surface area contributed by atoms with Crippen molar-refractivity contribution in [1.29, 1.82) is 0 Å². The molecule has 0 spiro atoms. The van der Waals surface area contributed by atoms with Crippen LogP contribution < -0.4 is 5.73 Å². The van der Waals surface area contributed by atoms with E-state index in [1.807, 2.05) is 36.4 Å². The minimum atomic E-state index is -0.0346. The molecule has 0 atom stereocenters. The summed E-state index contributed by atoms with van der Waals surface area (Å²) >= 11 is 6.13. The van der Waals surface area contributed by atoms with Gasteiger partial charge < -0.3 is 5.73 Å². The first kappa shape index (κ1) is 16.6. The molecule has 2 aromatic rings. The van der Waals surface area contributed by atoms with Crippen molar-refractivity contribution < 1.29 is 4.79 Å². The van der Waals surface area contributed by atoms with Gasteiger partial charge in [0.25, 0.3) is 0 Å². The Labute approximate surface area is 137 Å². The number of nitrogen functional groups attached to an aromatic ring is 1. The zero-order valence-electron chi connectivity index (χ0n) is 13.3. The molecule has 0 aliphatic rings. The Bertz CT molecular complexity index is 686. The number of Topliss-reactive ketones (excluding diaryl/α,β-unsaturated/α-hetero) is 1. The van der Waals surface area contributed by atoms with Crippen molar-refractivity contribution in [3.8, 4) is 0 Å². The number of carbonyl (C=O) groups excluding carboxylic acids is 1. The second-order valence-corrected chi connectivity index (χ2v) is 7.02. The molecule has 0 aromatic heterocycles. The zero-order chi connectivity index (χ0) is 16.3. The fourth-order valence-electron chi connectivity index (χ4n) is 2.34. The van der Waals surface area contributed by atoms with Crippen LogP contribution in [0.2, 0.25) is 5.02 Å². The van der Waals surface area contributed by atoms with Gasteiger partial charge in [-0.25, -0.2) is 0 Å². The maximum Gasteiger partial charge on any atom is 0.163 e. The molecule has 0 fully saturated rings. The van der Waals surface area contributed by atoms with Gasteiger partial charge in [-0.05, 0) is 47.2 Å². The van der Waals surface area contributed by atoms with Gasteiger partial charge in [-0.2, -0.15) is 0 Å². The molecule has 0 unspecified atom stereocenters. The Balaban J connectivity index is 2.16. The Morgan fingerprint density at radius 3 is 2.45 bits per heavy atom. The lowest BCUT2D eigenvalue weighted by Crippen LogP contribution is -2.13. The van der Waals surface area contributed by atoms with Crippen molar-refractivity contribution >= 4 is 23.1 Å². The highest BCUT2D eigenvalue weighted by Gasteiger charge is 2.17.